The third-order valence-electron chi connectivity index (χ3n) is 3.90. The number of H-pyrrole nitrogens is 1. The number of aromatic amines is 1. The number of rotatable bonds is 5. The Morgan fingerprint density at radius 1 is 1.12 bits per heavy atom. The van der Waals surface area contributed by atoms with Gasteiger partial charge in [0.05, 0.1) is 0 Å². The Bertz CT molecular complexity index is 853. The maximum Gasteiger partial charge on any atom is 0.234 e. The Morgan fingerprint density at radius 2 is 1.83 bits per heavy atom. The third-order valence-corrected chi connectivity index (χ3v) is 3.90. The summed E-state index contributed by atoms with van der Waals surface area (Å²) >= 11 is 0. The van der Waals surface area contributed by atoms with Crippen molar-refractivity contribution >= 4 is 16.8 Å². The number of para-hydroxylation sites is 1. The van der Waals surface area contributed by atoms with Crippen molar-refractivity contribution < 1.29 is 9.18 Å². The monoisotopic (exact) mass is 325 g/mol. The van der Waals surface area contributed by atoms with E-state index in [4.69, 9.17) is 0 Å². The normalized spacial score (nSPS) is 11.2. The van der Waals surface area contributed by atoms with Crippen molar-refractivity contribution in [3.63, 3.8) is 0 Å². The highest BCUT2D eigenvalue weighted by Gasteiger charge is 2.14. The van der Waals surface area contributed by atoms with Crippen LogP contribution in [0.4, 0.5) is 4.39 Å². The van der Waals surface area contributed by atoms with E-state index in [9.17, 15) is 9.18 Å². The molecule has 0 saturated carbocycles. The van der Waals surface area contributed by atoms with Crippen molar-refractivity contribution in [2.75, 3.05) is 14.1 Å². The number of benzene rings is 2. The zero-order chi connectivity index (χ0) is 17.1. The van der Waals surface area contributed by atoms with E-state index in [-0.39, 0.29) is 11.7 Å². The van der Waals surface area contributed by atoms with Crippen LogP contribution in [0, 0.1) is 5.82 Å². The zero-order valence-corrected chi connectivity index (χ0v) is 13.8. The number of hydrogen-bond acceptors (Lipinski definition) is 2. The van der Waals surface area contributed by atoms with Gasteiger partial charge in [0.2, 0.25) is 5.91 Å². The van der Waals surface area contributed by atoms with Crippen LogP contribution in [0.1, 0.15) is 12.0 Å². The number of hydrazine groups is 1. The molecule has 0 spiro atoms. The molecule has 1 amide bonds. The Kier molecular flexibility index (Phi) is 4.62. The predicted molar refractivity (Wildman–Crippen MR) is 93.8 cm³/mol. The summed E-state index contributed by atoms with van der Waals surface area (Å²) in [6.45, 7) is 0. The lowest BCUT2D eigenvalue weighted by molar-refractivity contribution is -0.124. The van der Waals surface area contributed by atoms with Crippen LogP contribution in [-0.2, 0) is 11.2 Å². The van der Waals surface area contributed by atoms with Gasteiger partial charge in [0.1, 0.15) is 5.82 Å². The summed E-state index contributed by atoms with van der Waals surface area (Å²) in [6, 6.07) is 14.4. The highest BCUT2D eigenvalue weighted by molar-refractivity contribution is 5.91. The minimum atomic E-state index is -0.262. The van der Waals surface area contributed by atoms with Crippen molar-refractivity contribution in [2.45, 2.75) is 12.8 Å². The second-order valence-electron chi connectivity index (χ2n) is 5.96. The number of carbonyl (C=O) groups is 1. The number of aryl methyl sites for hydroxylation is 1. The number of fused-ring (bicyclic) bond motifs is 1. The first kappa shape index (κ1) is 16.2. The number of hydrogen-bond donors (Lipinski definition) is 2. The lowest BCUT2D eigenvalue weighted by atomic mass is 10.0. The second kappa shape index (κ2) is 6.84. The first-order valence-electron chi connectivity index (χ1n) is 7.87. The first-order valence-corrected chi connectivity index (χ1v) is 7.87. The molecule has 2 N–H and O–H groups in total. The summed E-state index contributed by atoms with van der Waals surface area (Å²) in [4.78, 5) is 15.4. The largest absolute Gasteiger partial charge is 0.354 e. The summed E-state index contributed by atoms with van der Waals surface area (Å²) in [5.74, 6) is -0.294. The van der Waals surface area contributed by atoms with Gasteiger partial charge in [-0.2, -0.15) is 0 Å². The van der Waals surface area contributed by atoms with E-state index in [0.717, 1.165) is 27.7 Å². The Morgan fingerprint density at radius 3 is 2.54 bits per heavy atom. The van der Waals surface area contributed by atoms with E-state index in [1.807, 2.05) is 24.3 Å². The van der Waals surface area contributed by atoms with Crippen molar-refractivity contribution in [3.05, 3.63) is 59.9 Å². The molecule has 2 aromatic carbocycles. The lowest BCUT2D eigenvalue weighted by Crippen LogP contribution is -2.36. The van der Waals surface area contributed by atoms with E-state index < -0.39 is 0 Å². The average molecular weight is 325 g/mol. The van der Waals surface area contributed by atoms with E-state index in [1.165, 1.54) is 12.1 Å². The topological polar surface area (TPSA) is 48.1 Å². The van der Waals surface area contributed by atoms with Gasteiger partial charge in [-0.25, -0.2) is 9.40 Å². The quantitative estimate of drug-likeness (QED) is 0.705. The average Bonchev–Trinajstić information content (AvgIpc) is 2.91. The van der Waals surface area contributed by atoms with Crippen molar-refractivity contribution in [1.29, 1.82) is 0 Å². The molecule has 24 heavy (non-hydrogen) atoms. The molecule has 5 heteroatoms. The van der Waals surface area contributed by atoms with Gasteiger partial charge in [0.25, 0.3) is 0 Å². The fourth-order valence-corrected chi connectivity index (χ4v) is 2.87. The van der Waals surface area contributed by atoms with Gasteiger partial charge in [-0.1, -0.05) is 18.2 Å². The molecule has 0 saturated heterocycles. The number of amides is 1. The zero-order valence-electron chi connectivity index (χ0n) is 13.8. The summed E-state index contributed by atoms with van der Waals surface area (Å²) in [6.07, 6.45) is 0.991. The highest BCUT2D eigenvalue weighted by atomic mass is 19.1. The summed E-state index contributed by atoms with van der Waals surface area (Å²) in [7, 11) is 3.57. The summed E-state index contributed by atoms with van der Waals surface area (Å²) in [5, 5.41) is 2.73. The van der Waals surface area contributed by atoms with E-state index in [0.29, 0.717) is 12.8 Å². The van der Waals surface area contributed by atoms with Gasteiger partial charge in [-0.3, -0.25) is 10.2 Å². The Hall–Kier alpha value is -2.66. The fraction of sp³-hybridized carbons (Fsp3) is 0.211. The Balaban J connectivity index is 1.96. The number of aromatic nitrogens is 1. The maximum absolute atomic E-state index is 13.2. The molecular formula is C19H20FN3O. The molecule has 4 nitrogen and oxygen atoms in total. The lowest BCUT2D eigenvalue weighted by Gasteiger charge is -2.12. The molecule has 0 aliphatic rings. The second-order valence-corrected chi connectivity index (χ2v) is 5.96. The minimum absolute atomic E-state index is 0.0321. The van der Waals surface area contributed by atoms with E-state index >= 15 is 0 Å². The number of nitrogens with one attached hydrogen (secondary N) is 2. The highest BCUT2D eigenvalue weighted by Crippen LogP contribution is 2.31. The molecule has 1 heterocycles. The van der Waals surface area contributed by atoms with Crippen LogP contribution < -0.4 is 5.43 Å². The minimum Gasteiger partial charge on any atom is -0.354 e. The van der Waals surface area contributed by atoms with Crippen LogP contribution in [0.25, 0.3) is 22.2 Å². The van der Waals surface area contributed by atoms with E-state index in [2.05, 4.69) is 10.4 Å². The molecule has 124 valence electrons. The van der Waals surface area contributed by atoms with Crippen LogP contribution in [0.5, 0.6) is 0 Å². The third kappa shape index (κ3) is 3.46. The summed E-state index contributed by atoms with van der Waals surface area (Å²) < 4.78 is 13.2. The van der Waals surface area contributed by atoms with Crippen LogP contribution in [0.15, 0.2) is 48.5 Å². The molecule has 3 rings (SSSR count). The number of nitrogens with zero attached hydrogens (tertiary/aromatic N) is 1. The number of carbonyl (C=O) groups excluding carboxylic acids is 1. The maximum atomic E-state index is 13.2. The van der Waals surface area contributed by atoms with Crippen LogP contribution >= 0.6 is 0 Å². The molecule has 0 fully saturated rings. The first-order chi connectivity index (χ1) is 11.5. The molecule has 0 bridgehead atoms. The predicted octanol–water partition coefficient (Wildman–Crippen LogP) is 3.50. The summed E-state index contributed by atoms with van der Waals surface area (Å²) in [5.41, 5.74) is 6.69. The van der Waals surface area contributed by atoms with E-state index in [1.54, 1.807) is 31.2 Å². The standard InChI is InChI=1S/C19H20FN3O/c1-23(2)22-18(24)12-11-16-15-5-3-4-6-17(15)21-19(16)13-7-9-14(20)10-8-13/h3-10,21H,11-12H2,1-2H3,(H,22,24). The van der Waals surface area contributed by atoms with Gasteiger partial charge in [-0.05, 0) is 47.9 Å². The van der Waals surface area contributed by atoms with Crippen molar-refractivity contribution in [1.82, 2.24) is 15.4 Å². The molecular weight excluding hydrogens is 305 g/mol. The van der Waals surface area contributed by atoms with Gasteiger partial charge in [0, 0.05) is 37.1 Å². The van der Waals surface area contributed by atoms with Crippen LogP contribution in [0.2, 0.25) is 0 Å². The number of halogens is 1. The molecule has 0 radical (unpaired) electrons. The molecule has 0 atom stereocenters. The van der Waals surface area contributed by atoms with Crippen LogP contribution in [0.3, 0.4) is 0 Å². The molecule has 0 aliphatic heterocycles. The van der Waals surface area contributed by atoms with Gasteiger partial charge < -0.3 is 4.98 Å². The van der Waals surface area contributed by atoms with Gasteiger partial charge in [-0.15, -0.1) is 0 Å². The smallest absolute Gasteiger partial charge is 0.234 e. The molecule has 0 aliphatic carbocycles. The van der Waals surface area contributed by atoms with Crippen molar-refractivity contribution in [2.24, 2.45) is 0 Å². The van der Waals surface area contributed by atoms with Gasteiger partial charge in [0.15, 0.2) is 0 Å². The fourth-order valence-electron chi connectivity index (χ4n) is 2.87. The Labute approximate surface area is 140 Å². The van der Waals surface area contributed by atoms with Gasteiger partial charge >= 0.3 is 0 Å². The molecule has 1 aromatic heterocycles. The SMILES string of the molecule is CN(C)NC(=O)CCc1c(-c2ccc(F)cc2)[nH]c2ccccc12. The molecule has 0 unspecified atom stereocenters. The van der Waals surface area contributed by atoms with Crippen LogP contribution in [-0.4, -0.2) is 30.0 Å². The molecule has 3 aromatic rings. The van der Waals surface area contributed by atoms with Crippen molar-refractivity contribution in [3.8, 4) is 11.3 Å².